The summed E-state index contributed by atoms with van der Waals surface area (Å²) in [6, 6.07) is 5.92. The van der Waals surface area contributed by atoms with E-state index < -0.39 is 46.9 Å². The maximum absolute atomic E-state index is 13.1. The molecule has 1 aromatic rings. The van der Waals surface area contributed by atoms with Gasteiger partial charge in [-0.2, -0.15) is 0 Å². The number of amides is 3. The summed E-state index contributed by atoms with van der Waals surface area (Å²) in [7, 11) is -5.12. The fraction of sp³-hybridized carbons (Fsp3) is 0.654. The molecule has 218 valence electrons. The van der Waals surface area contributed by atoms with Crippen LogP contribution in [0.2, 0.25) is 0 Å². The Morgan fingerprint density at radius 3 is 2.21 bits per heavy atom. The monoisotopic (exact) mass is 566 g/mol. The summed E-state index contributed by atoms with van der Waals surface area (Å²) >= 11 is 0. The van der Waals surface area contributed by atoms with Crippen molar-refractivity contribution in [1.82, 2.24) is 20.3 Å². The quantitative estimate of drug-likeness (QED) is 0.204. The highest BCUT2D eigenvalue weighted by molar-refractivity contribution is 7.88. The Bertz CT molecular complexity index is 1060. The van der Waals surface area contributed by atoms with Gasteiger partial charge >= 0.3 is 7.12 Å². The van der Waals surface area contributed by atoms with Crippen LogP contribution in [0.4, 0.5) is 0 Å². The highest BCUT2D eigenvalue weighted by Crippen LogP contribution is 2.19. The van der Waals surface area contributed by atoms with Gasteiger partial charge in [0.15, 0.2) is 0 Å². The SMILES string of the molecule is CCCCc1ccc(C(=O)N[C@@H](CNC(=O)C2CCN(S(C)(=O)=O)CC2)C(=O)N[C@@H](CC(C)C)B(O)O)cc1. The zero-order chi connectivity index (χ0) is 29.2. The molecular weight excluding hydrogens is 523 g/mol. The lowest BCUT2D eigenvalue weighted by Gasteiger charge is -2.30. The smallest absolute Gasteiger partial charge is 0.426 e. The van der Waals surface area contributed by atoms with Crippen LogP contribution in [0.1, 0.15) is 68.8 Å². The van der Waals surface area contributed by atoms with Gasteiger partial charge in [0.2, 0.25) is 21.8 Å². The van der Waals surface area contributed by atoms with Gasteiger partial charge in [0.05, 0.1) is 12.2 Å². The van der Waals surface area contributed by atoms with E-state index in [0.29, 0.717) is 24.8 Å². The number of piperidine rings is 1. The third-order valence-corrected chi connectivity index (χ3v) is 8.15. The lowest BCUT2D eigenvalue weighted by atomic mass is 9.75. The molecule has 13 heteroatoms. The molecule has 1 saturated heterocycles. The maximum Gasteiger partial charge on any atom is 0.475 e. The molecule has 0 spiro atoms. The van der Waals surface area contributed by atoms with E-state index in [0.717, 1.165) is 31.1 Å². The third kappa shape index (κ3) is 10.9. The molecule has 1 aliphatic heterocycles. The van der Waals surface area contributed by atoms with E-state index in [2.05, 4.69) is 22.9 Å². The molecule has 0 aromatic heterocycles. The number of rotatable bonds is 14. The van der Waals surface area contributed by atoms with Crippen molar-refractivity contribution in [3.05, 3.63) is 35.4 Å². The van der Waals surface area contributed by atoms with Gasteiger partial charge in [0.25, 0.3) is 5.91 Å². The Morgan fingerprint density at radius 1 is 1.08 bits per heavy atom. The first-order valence-electron chi connectivity index (χ1n) is 13.6. The maximum atomic E-state index is 13.1. The number of hydrogen-bond donors (Lipinski definition) is 5. The zero-order valence-corrected chi connectivity index (χ0v) is 24.2. The van der Waals surface area contributed by atoms with E-state index in [1.165, 1.54) is 4.31 Å². The van der Waals surface area contributed by atoms with Gasteiger partial charge < -0.3 is 26.0 Å². The Kier molecular flexibility index (Phi) is 12.9. The minimum atomic E-state index is -3.33. The second-order valence-corrected chi connectivity index (χ2v) is 12.6. The van der Waals surface area contributed by atoms with Crippen molar-refractivity contribution in [3.8, 4) is 0 Å². The molecule has 1 heterocycles. The molecule has 39 heavy (non-hydrogen) atoms. The summed E-state index contributed by atoms with van der Waals surface area (Å²) in [5.74, 6) is -2.81. The fourth-order valence-corrected chi connectivity index (χ4v) is 5.37. The van der Waals surface area contributed by atoms with Crippen molar-refractivity contribution in [1.29, 1.82) is 0 Å². The molecule has 0 bridgehead atoms. The van der Waals surface area contributed by atoms with Crippen LogP contribution >= 0.6 is 0 Å². The number of hydrogen-bond acceptors (Lipinski definition) is 7. The molecular formula is C26H43BN4O7S. The molecule has 5 N–H and O–H groups in total. The van der Waals surface area contributed by atoms with Crippen LogP contribution in [0.15, 0.2) is 24.3 Å². The number of aryl methyl sites for hydroxylation is 1. The predicted molar refractivity (Wildman–Crippen MR) is 150 cm³/mol. The van der Waals surface area contributed by atoms with Crippen LogP contribution < -0.4 is 16.0 Å². The first kappa shape index (κ1) is 32.7. The molecule has 0 aliphatic carbocycles. The van der Waals surface area contributed by atoms with Crippen molar-refractivity contribution in [2.24, 2.45) is 11.8 Å². The van der Waals surface area contributed by atoms with Gasteiger partial charge in [-0.05, 0) is 55.7 Å². The molecule has 11 nitrogen and oxygen atoms in total. The van der Waals surface area contributed by atoms with Gasteiger partial charge in [-0.15, -0.1) is 0 Å². The predicted octanol–water partition coefficient (Wildman–Crippen LogP) is 0.458. The molecule has 3 amide bonds. The summed E-state index contributed by atoms with van der Waals surface area (Å²) in [6.45, 7) is 6.10. The first-order valence-corrected chi connectivity index (χ1v) is 15.5. The zero-order valence-electron chi connectivity index (χ0n) is 23.4. The molecule has 2 rings (SSSR count). The van der Waals surface area contributed by atoms with Crippen LogP contribution in [-0.4, -0.2) is 85.5 Å². The first-order chi connectivity index (χ1) is 18.3. The summed E-state index contributed by atoms with van der Waals surface area (Å²) in [6.07, 6.45) is 5.12. The van der Waals surface area contributed by atoms with Crippen molar-refractivity contribution in [2.45, 2.75) is 71.3 Å². The molecule has 0 radical (unpaired) electrons. The average Bonchev–Trinajstić information content (AvgIpc) is 2.88. The topological polar surface area (TPSA) is 165 Å². The Hall–Kier alpha value is -2.48. The van der Waals surface area contributed by atoms with E-state index in [1.54, 1.807) is 12.1 Å². The van der Waals surface area contributed by atoms with Crippen molar-refractivity contribution < 1.29 is 32.8 Å². The Balaban J connectivity index is 2.10. The van der Waals surface area contributed by atoms with Crippen LogP contribution in [0, 0.1) is 11.8 Å². The van der Waals surface area contributed by atoms with E-state index in [1.807, 2.05) is 26.0 Å². The van der Waals surface area contributed by atoms with E-state index in [-0.39, 0.29) is 31.5 Å². The number of benzene rings is 1. The van der Waals surface area contributed by atoms with Crippen molar-refractivity contribution >= 4 is 34.9 Å². The Morgan fingerprint density at radius 2 is 1.69 bits per heavy atom. The molecule has 1 fully saturated rings. The summed E-state index contributed by atoms with van der Waals surface area (Å²) in [5.41, 5.74) is 1.46. The van der Waals surface area contributed by atoms with Gasteiger partial charge in [0, 0.05) is 31.1 Å². The Labute approximate surface area is 232 Å². The summed E-state index contributed by atoms with van der Waals surface area (Å²) < 4.78 is 24.8. The average molecular weight is 567 g/mol. The van der Waals surface area contributed by atoms with Crippen molar-refractivity contribution in [2.75, 3.05) is 25.9 Å². The van der Waals surface area contributed by atoms with Crippen LogP contribution in [0.5, 0.6) is 0 Å². The molecule has 2 atom stereocenters. The summed E-state index contributed by atoms with van der Waals surface area (Å²) in [4.78, 5) is 39.0. The standard InChI is InChI=1S/C26H43BN4O7S/c1-5-6-7-19-8-10-20(11-9-19)25(33)29-22(26(34)30-23(27(35)36)16-18(2)3)17-28-24(32)21-12-14-31(15-13-21)39(4,37)38/h8-11,18,21-23,35-36H,5-7,12-17H2,1-4H3,(H,28,32)(H,29,33)(H,30,34)/t22-,23-/m0/s1. The highest BCUT2D eigenvalue weighted by atomic mass is 32.2. The molecule has 1 aliphatic rings. The second kappa shape index (κ2) is 15.3. The molecule has 0 unspecified atom stereocenters. The minimum absolute atomic E-state index is 0.0638. The number of unbranched alkanes of at least 4 members (excludes halogenated alkanes) is 1. The normalized spacial score (nSPS) is 16.4. The van der Waals surface area contributed by atoms with Gasteiger partial charge in [0.1, 0.15) is 6.04 Å². The molecule has 1 aromatic carbocycles. The van der Waals surface area contributed by atoms with Crippen molar-refractivity contribution in [3.63, 3.8) is 0 Å². The number of carbonyl (C=O) groups excluding carboxylic acids is 3. The number of sulfonamides is 1. The number of carbonyl (C=O) groups is 3. The van der Waals surface area contributed by atoms with Crippen LogP contribution in [0.25, 0.3) is 0 Å². The largest absolute Gasteiger partial charge is 0.475 e. The second-order valence-electron chi connectivity index (χ2n) is 10.7. The van der Waals surface area contributed by atoms with Gasteiger partial charge in [-0.1, -0.05) is 39.3 Å². The summed E-state index contributed by atoms with van der Waals surface area (Å²) in [5, 5.41) is 27.4. The number of nitrogens with one attached hydrogen (secondary N) is 3. The van der Waals surface area contributed by atoms with Crippen LogP contribution in [0.3, 0.4) is 0 Å². The highest BCUT2D eigenvalue weighted by Gasteiger charge is 2.32. The van der Waals surface area contributed by atoms with Gasteiger partial charge in [-0.25, -0.2) is 12.7 Å². The van der Waals surface area contributed by atoms with E-state index in [9.17, 15) is 32.8 Å². The lowest BCUT2D eigenvalue weighted by Crippen LogP contribution is -2.57. The van der Waals surface area contributed by atoms with Gasteiger partial charge in [-0.3, -0.25) is 14.4 Å². The number of nitrogens with zero attached hydrogens (tertiary/aromatic N) is 1. The van der Waals surface area contributed by atoms with E-state index >= 15 is 0 Å². The third-order valence-electron chi connectivity index (χ3n) is 6.84. The van der Waals surface area contributed by atoms with Crippen LogP contribution in [-0.2, 0) is 26.0 Å². The lowest BCUT2D eigenvalue weighted by molar-refractivity contribution is -0.127. The minimum Gasteiger partial charge on any atom is -0.426 e. The fourth-order valence-electron chi connectivity index (χ4n) is 4.50. The van der Waals surface area contributed by atoms with E-state index in [4.69, 9.17) is 0 Å². The molecule has 0 saturated carbocycles.